The van der Waals surface area contributed by atoms with E-state index in [9.17, 15) is 0 Å². The molecule has 0 atom stereocenters. The minimum absolute atomic E-state index is 0.125. The molecule has 0 saturated heterocycles. The molecule has 0 aliphatic rings. The first kappa shape index (κ1) is 14.0. The largest absolute Gasteiger partial charge is 0.355 e. The molecule has 0 fully saturated rings. The average molecular weight is 279 g/mol. The molecule has 90 valence electrons. The smallest absolute Gasteiger partial charge is 0.139 e. The number of rotatable bonds is 8. The monoisotopic (exact) mass is 278 g/mol. The molecular weight excluding hydrogens is 263 g/mol. The molecule has 0 aliphatic carbocycles. The zero-order valence-electron chi connectivity index (χ0n) is 9.07. The minimum Gasteiger partial charge on any atom is -0.355 e. The van der Waals surface area contributed by atoms with Gasteiger partial charge in [0.05, 0.1) is 13.2 Å². The fraction of sp³-hybridized carbons (Fsp3) is 0.455. The summed E-state index contributed by atoms with van der Waals surface area (Å²) < 4.78 is 11.1. The van der Waals surface area contributed by atoms with Crippen LogP contribution >= 0.6 is 23.2 Å². The highest BCUT2D eigenvalue weighted by Gasteiger charge is 2.10. The fourth-order valence-corrected chi connectivity index (χ4v) is 3.00. The maximum Gasteiger partial charge on any atom is 0.139 e. The van der Waals surface area contributed by atoms with Crippen LogP contribution in [0.1, 0.15) is 0 Å². The lowest BCUT2D eigenvalue weighted by Gasteiger charge is -2.17. The lowest BCUT2D eigenvalue weighted by atomic mass is 10.4. The van der Waals surface area contributed by atoms with Gasteiger partial charge in [-0.2, -0.15) is 0 Å². The number of halogens is 2. The van der Waals surface area contributed by atoms with Gasteiger partial charge in [-0.1, -0.05) is 35.5 Å². The normalized spacial score (nSPS) is 11.7. The highest BCUT2D eigenvalue weighted by atomic mass is 35.5. The summed E-state index contributed by atoms with van der Waals surface area (Å²) in [4.78, 5) is 0. The first-order valence-electron chi connectivity index (χ1n) is 5.26. The van der Waals surface area contributed by atoms with Gasteiger partial charge in [0.25, 0.3) is 0 Å². The van der Waals surface area contributed by atoms with E-state index in [1.54, 1.807) is 0 Å². The Morgan fingerprint density at radius 1 is 1.00 bits per heavy atom. The zero-order chi connectivity index (χ0) is 11.6. The minimum atomic E-state index is -0.600. The molecular formula is C11H16Cl2O2Si. The zero-order valence-corrected chi connectivity index (χ0v) is 12.0. The SMILES string of the molecule is ClCCOC(OCCCl)[SiH2]c1ccccc1. The van der Waals surface area contributed by atoms with Gasteiger partial charge in [0.1, 0.15) is 15.4 Å². The van der Waals surface area contributed by atoms with Crippen molar-refractivity contribution >= 4 is 37.9 Å². The molecule has 0 bridgehead atoms. The maximum absolute atomic E-state index is 5.59. The number of hydrogen-bond donors (Lipinski definition) is 0. The predicted octanol–water partition coefficient (Wildman–Crippen LogP) is 1.28. The molecule has 1 aromatic carbocycles. The van der Waals surface area contributed by atoms with Crippen molar-refractivity contribution in [2.45, 2.75) is 5.91 Å². The Labute approximate surface area is 109 Å². The Bertz CT molecular complexity index is 264. The molecule has 0 radical (unpaired) electrons. The third-order valence-corrected chi connectivity index (χ3v) is 4.06. The second kappa shape index (κ2) is 9.02. The topological polar surface area (TPSA) is 18.5 Å². The molecule has 0 heterocycles. The summed E-state index contributed by atoms with van der Waals surface area (Å²) in [5.41, 5.74) is 0. The second-order valence-corrected chi connectivity index (χ2v) is 5.89. The molecule has 0 N–H and O–H groups in total. The molecule has 0 spiro atoms. The van der Waals surface area contributed by atoms with Crippen LogP contribution in [0.5, 0.6) is 0 Å². The summed E-state index contributed by atoms with van der Waals surface area (Å²) in [5, 5.41) is 1.32. The summed E-state index contributed by atoms with van der Waals surface area (Å²) >= 11 is 11.2. The predicted molar refractivity (Wildman–Crippen MR) is 71.8 cm³/mol. The van der Waals surface area contributed by atoms with Gasteiger partial charge in [0, 0.05) is 11.8 Å². The van der Waals surface area contributed by atoms with Crippen molar-refractivity contribution in [3.63, 3.8) is 0 Å². The lowest BCUT2D eigenvalue weighted by Crippen LogP contribution is -2.33. The standard InChI is InChI=1S/C11H16Cl2O2Si/c12-6-8-14-11(15-9-7-13)16-10-4-2-1-3-5-10/h1-5,11H,6-9,16H2. The van der Waals surface area contributed by atoms with Crippen LogP contribution in [0.25, 0.3) is 0 Å². The van der Waals surface area contributed by atoms with Crippen LogP contribution in [0, 0.1) is 0 Å². The molecule has 16 heavy (non-hydrogen) atoms. The Kier molecular flexibility index (Phi) is 7.89. The second-order valence-electron chi connectivity index (χ2n) is 3.24. The van der Waals surface area contributed by atoms with E-state index in [0.717, 1.165) is 0 Å². The van der Waals surface area contributed by atoms with Crippen LogP contribution in [-0.4, -0.2) is 40.4 Å². The van der Waals surface area contributed by atoms with Gasteiger partial charge in [-0.25, -0.2) is 0 Å². The van der Waals surface area contributed by atoms with Crippen LogP contribution in [-0.2, 0) is 9.47 Å². The average Bonchev–Trinajstić information content (AvgIpc) is 2.34. The van der Waals surface area contributed by atoms with E-state index in [-0.39, 0.29) is 5.91 Å². The van der Waals surface area contributed by atoms with Crippen LogP contribution in [0.2, 0.25) is 0 Å². The van der Waals surface area contributed by atoms with E-state index in [4.69, 9.17) is 32.7 Å². The van der Waals surface area contributed by atoms with Gasteiger partial charge in [0.2, 0.25) is 0 Å². The lowest BCUT2D eigenvalue weighted by molar-refractivity contribution is -0.0804. The molecule has 1 aromatic rings. The number of benzene rings is 1. The van der Waals surface area contributed by atoms with E-state index in [1.807, 2.05) is 18.2 Å². The quantitative estimate of drug-likeness (QED) is 0.405. The van der Waals surface area contributed by atoms with E-state index in [2.05, 4.69) is 12.1 Å². The van der Waals surface area contributed by atoms with Crippen LogP contribution in [0.15, 0.2) is 30.3 Å². The molecule has 0 unspecified atom stereocenters. The van der Waals surface area contributed by atoms with Crippen LogP contribution in [0.4, 0.5) is 0 Å². The molecule has 1 rings (SSSR count). The number of alkyl halides is 2. The number of hydrogen-bond acceptors (Lipinski definition) is 2. The van der Waals surface area contributed by atoms with Crippen molar-refractivity contribution in [1.29, 1.82) is 0 Å². The van der Waals surface area contributed by atoms with E-state index >= 15 is 0 Å². The summed E-state index contributed by atoms with van der Waals surface area (Å²) in [6.07, 6.45) is 0. The van der Waals surface area contributed by atoms with Gasteiger partial charge in [-0.05, 0) is 0 Å². The van der Waals surface area contributed by atoms with Gasteiger partial charge < -0.3 is 9.47 Å². The molecule has 0 aliphatic heterocycles. The molecule has 5 heteroatoms. The third kappa shape index (κ3) is 5.87. The Morgan fingerprint density at radius 2 is 1.56 bits per heavy atom. The summed E-state index contributed by atoms with van der Waals surface area (Å²) in [6.45, 7) is 1.04. The van der Waals surface area contributed by atoms with Crippen molar-refractivity contribution < 1.29 is 9.47 Å². The van der Waals surface area contributed by atoms with Crippen LogP contribution in [0.3, 0.4) is 0 Å². The van der Waals surface area contributed by atoms with Gasteiger partial charge in [0.15, 0.2) is 0 Å². The van der Waals surface area contributed by atoms with Crippen LogP contribution < -0.4 is 5.19 Å². The van der Waals surface area contributed by atoms with E-state index in [1.165, 1.54) is 5.19 Å². The first-order valence-corrected chi connectivity index (χ1v) is 7.85. The molecule has 0 aromatic heterocycles. The van der Waals surface area contributed by atoms with Gasteiger partial charge in [-0.3, -0.25) is 0 Å². The Balaban J connectivity index is 2.42. The fourth-order valence-electron chi connectivity index (χ4n) is 1.32. The first-order chi connectivity index (χ1) is 7.86. The van der Waals surface area contributed by atoms with E-state index < -0.39 is 9.52 Å². The van der Waals surface area contributed by atoms with Crippen molar-refractivity contribution in [2.24, 2.45) is 0 Å². The third-order valence-electron chi connectivity index (χ3n) is 2.01. The number of ether oxygens (including phenoxy) is 2. The van der Waals surface area contributed by atoms with E-state index in [0.29, 0.717) is 25.0 Å². The Morgan fingerprint density at radius 3 is 2.06 bits per heavy atom. The van der Waals surface area contributed by atoms with Crippen molar-refractivity contribution in [2.75, 3.05) is 25.0 Å². The summed E-state index contributed by atoms with van der Waals surface area (Å²) in [6, 6.07) is 10.3. The molecule has 0 amide bonds. The Hall–Kier alpha value is -0.0631. The van der Waals surface area contributed by atoms with Gasteiger partial charge >= 0.3 is 0 Å². The summed E-state index contributed by atoms with van der Waals surface area (Å²) in [7, 11) is -0.600. The van der Waals surface area contributed by atoms with Crippen molar-refractivity contribution in [3.05, 3.63) is 30.3 Å². The molecule has 0 saturated carbocycles. The van der Waals surface area contributed by atoms with Crippen molar-refractivity contribution in [1.82, 2.24) is 0 Å². The summed E-state index contributed by atoms with van der Waals surface area (Å²) in [5.74, 6) is 0.855. The molecule has 2 nitrogen and oxygen atoms in total. The van der Waals surface area contributed by atoms with Crippen molar-refractivity contribution in [3.8, 4) is 0 Å². The van der Waals surface area contributed by atoms with Gasteiger partial charge in [-0.15, -0.1) is 23.2 Å². The maximum atomic E-state index is 5.59. The highest BCUT2D eigenvalue weighted by Crippen LogP contribution is 1.96. The highest BCUT2D eigenvalue weighted by molar-refractivity contribution is 6.54.